The van der Waals surface area contributed by atoms with Crippen molar-refractivity contribution in [2.75, 3.05) is 32.7 Å². The van der Waals surface area contributed by atoms with Crippen LogP contribution >= 0.6 is 0 Å². The number of carbonyl (C=O) groups excluding carboxylic acids is 2. The average molecular weight is 210 g/mol. The van der Waals surface area contributed by atoms with E-state index in [0.717, 1.165) is 32.5 Å². The lowest BCUT2D eigenvalue weighted by molar-refractivity contribution is -0.134. The zero-order chi connectivity index (χ0) is 10.7. The average Bonchev–Trinajstić information content (AvgIpc) is 2.81. The van der Waals surface area contributed by atoms with Crippen molar-refractivity contribution in [3.63, 3.8) is 0 Å². The highest BCUT2D eigenvalue weighted by atomic mass is 16.2. The fraction of sp³-hybridized carbons (Fsp3) is 0.800. The van der Waals surface area contributed by atoms with Crippen LogP contribution in [0.25, 0.3) is 0 Å². The Morgan fingerprint density at radius 3 is 2.67 bits per heavy atom. The van der Waals surface area contributed by atoms with E-state index in [0.29, 0.717) is 13.1 Å². The highest BCUT2D eigenvalue weighted by molar-refractivity contribution is 5.84. The molecule has 1 unspecified atom stereocenters. The van der Waals surface area contributed by atoms with Gasteiger partial charge in [0.2, 0.25) is 5.91 Å². The molecule has 0 aromatic heterocycles. The molecule has 5 nitrogen and oxygen atoms in total. The second-order valence-corrected chi connectivity index (χ2v) is 4.04. The molecule has 2 rings (SSSR count). The highest BCUT2D eigenvalue weighted by Crippen LogP contribution is 2.12. The van der Waals surface area contributed by atoms with Crippen molar-refractivity contribution < 1.29 is 9.59 Å². The van der Waals surface area contributed by atoms with Gasteiger partial charge in [-0.15, -0.1) is 0 Å². The van der Waals surface area contributed by atoms with Gasteiger partial charge in [0.15, 0.2) is 0 Å². The molecule has 1 N–H and O–H groups in total. The first-order valence-electron chi connectivity index (χ1n) is 5.47. The van der Waals surface area contributed by atoms with Crippen LogP contribution in [0.3, 0.4) is 0 Å². The summed E-state index contributed by atoms with van der Waals surface area (Å²) >= 11 is 0. The van der Waals surface area contributed by atoms with Crippen LogP contribution in [-0.4, -0.2) is 60.9 Å². The molecule has 2 saturated heterocycles. The number of carbonyl (C=O) groups is 1. The van der Waals surface area contributed by atoms with Crippen molar-refractivity contribution >= 4 is 12.3 Å². The fourth-order valence-corrected chi connectivity index (χ4v) is 2.18. The second-order valence-electron chi connectivity index (χ2n) is 4.04. The summed E-state index contributed by atoms with van der Waals surface area (Å²) in [5.41, 5.74) is 0. The summed E-state index contributed by atoms with van der Waals surface area (Å²) in [4.78, 5) is 26.1. The summed E-state index contributed by atoms with van der Waals surface area (Å²) in [5.74, 6) is 0.0723. The first kappa shape index (κ1) is 10.4. The van der Waals surface area contributed by atoms with E-state index in [2.05, 4.69) is 5.32 Å². The lowest BCUT2D eigenvalue weighted by atomic mass is 10.2. The fourth-order valence-electron chi connectivity index (χ4n) is 2.18. The van der Waals surface area contributed by atoms with Gasteiger partial charge in [-0.1, -0.05) is 0 Å². The molecule has 2 heterocycles. The first-order valence-corrected chi connectivity index (χ1v) is 5.47. The number of nitrogens with zero attached hydrogens (tertiary/aromatic N) is 2. The third-order valence-corrected chi connectivity index (χ3v) is 3.06. The molecule has 0 aromatic rings. The van der Waals surface area contributed by atoms with Gasteiger partial charge < -0.3 is 15.1 Å². The van der Waals surface area contributed by atoms with Crippen LogP contribution in [0.4, 0.5) is 0 Å². The Labute approximate surface area is 89.4 Å². The minimum Gasteiger partial charge on any atom is -0.341 e. The lowest BCUT2D eigenvalue weighted by Crippen LogP contribution is -2.57. The van der Waals surface area contributed by atoms with Crippen LogP contribution in [0, 0.1) is 0 Å². The van der Waals surface area contributed by atoms with Gasteiger partial charge in [-0.05, 0) is 12.8 Å². The molecule has 2 aliphatic heterocycles. The summed E-state index contributed by atoms with van der Waals surface area (Å²) in [7, 11) is 0. The third kappa shape index (κ3) is 2.12. The van der Waals surface area contributed by atoms with Gasteiger partial charge in [0.1, 0.15) is 6.04 Å². The molecule has 0 aromatic carbocycles. The van der Waals surface area contributed by atoms with E-state index in [4.69, 9.17) is 0 Å². The Hall–Kier alpha value is -1.10. The zero-order valence-corrected chi connectivity index (χ0v) is 8.74. The molecule has 0 saturated carbocycles. The van der Waals surface area contributed by atoms with E-state index in [1.807, 2.05) is 11.3 Å². The molecule has 0 spiro atoms. The predicted molar refractivity (Wildman–Crippen MR) is 54.9 cm³/mol. The Morgan fingerprint density at radius 2 is 2.00 bits per heavy atom. The first-order chi connectivity index (χ1) is 7.33. The number of likely N-dealkylation sites (tertiary alicyclic amines) is 1. The molecule has 2 amide bonds. The van der Waals surface area contributed by atoms with Crippen molar-refractivity contribution in [3.05, 3.63) is 0 Å². The quantitative estimate of drug-likeness (QED) is 0.633. The van der Waals surface area contributed by atoms with E-state index in [-0.39, 0.29) is 11.9 Å². The monoisotopic (exact) mass is 210 g/mol. The van der Waals surface area contributed by atoms with Crippen LogP contribution in [0.5, 0.6) is 0 Å². The third-order valence-electron chi connectivity index (χ3n) is 3.06. The van der Waals surface area contributed by atoms with Gasteiger partial charge in [-0.25, -0.2) is 0 Å². The van der Waals surface area contributed by atoms with Crippen molar-refractivity contribution in [1.29, 1.82) is 0 Å². The number of nitrogens with one attached hydrogen (secondary N) is 1. The summed E-state index contributed by atoms with van der Waals surface area (Å²) in [6.07, 6.45) is 4.01. The van der Waals surface area contributed by atoms with Crippen molar-refractivity contribution in [2.24, 2.45) is 0 Å². The zero-order valence-electron chi connectivity index (χ0n) is 8.74. The van der Waals surface area contributed by atoms with E-state index in [9.17, 15) is 9.59 Å². The molecule has 2 aliphatic rings. The summed E-state index contributed by atoms with van der Waals surface area (Å²) in [6, 6.07) is -0.339. The maximum absolute atomic E-state index is 12.0. The summed E-state index contributed by atoms with van der Waals surface area (Å²) in [6.45, 7) is 3.56. The summed E-state index contributed by atoms with van der Waals surface area (Å²) < 4.78 is 0. The molecule has 83 valence electrons. The molecular weight excluding hydrogens is 194 g/mol. The SMILES string of the molecule is O=[C]N1CCNCC1C(=O)N1CCCC1. The van der Waals surface area contributed by atoms with Gasteiger partial charge in [-0.2, -0.15) is 0 Å². The maximum atomic E-state index is 12.0. The van der Waals surface area contributed by atoms with Crippen molar-refractivity contribution in [3.8, 4) is 0 Å². The largest absolute Gasteiger partial charge is 0.341 e. The Balaban J connectivity index is 1.99. The van der Waals surface area contributed by atoms with E-state index in [1.165, 1.54) is 4.90 Å². The maximum Gasteiger partial charge on any atom is 0.312 e. The van der Waals surface area contributed by atoms with E-state index < -0.39 is 0 Å². The van der Waals surface area contributed by atoms with Gasteiger partial charge in [0.25, 0.3) is 0 Å². The van der Waals surface area contributed by atoms with Gasteiger partial charge in [-0.3, -0.25) is 9.59 Å². The number of piperazine rings is 1. The molecule has 1 radical (unpaired) electrons. The van der Waals surface area contributed by atoms with Crippen LogP contribution in [0.2, 0.25) is 0 Å². The summed E-state index contributed by atoms with van der Waals surface area (Å²) in [5, 5.41) is 3.14. The highest BCUT2D eigenvalue weighted by Gasteiger charge is 2.32. The van der Waals surface area contributed by atoms with Crippen LogP contribution < -0.4 is 5.32 Å². The Bertz CT molecular complexity index is 251. The molecule has 0 aliphatic carbocycles. The smallest absolute Gasteiger partial charge is 0.312 e. The minimum atomic E-state index is -0.339. The number of hydrogen-bond acceptors (Lipinski definition) is 3. The Kier molecular flexibility index (Phi) is 3.20. The van der Waals surface area contributed by atoms with Gasteiger partial charge >= 0.3 is 6.41 Å². The molecule has 2 fully saturated rings. The number of rotatable bonds is 2. The van der Waals surface area contributed by atoms with E-state index >= 15 is 0 Å². The lowest BCUT2D eigenvalue weighted by Gasteiger charge is -2.33. The van der Waals surface area contributed by atoms with Crippen molar-refractivity contribution in [1.82, 2.24) is 15.1 Å². The normalized spacial score (nSPS) is 26.8. The number of hydrogen-bond donors (Lipinski definition) is 1. The minimum absolute atomic E-state index is 0.0723. The molecule has 0 bridgehead atoms. The standard InChI is InChI=1S/C10H16N3O2/c14-8-13-6-3-11-7-9(13)10(15)12-4-1-2-5-12/h9,11H,1-7H2. The molecular formula is C10H16N3O2. The number of amides is 2. The van der Waals surface area contributed by atoms with Crippen LogP contribution in [0.1, 0.15) is 12.8 Å². The Morgan fingerprint density at radius 1 is 1.27 bits per heavy atom. The second kappa shape index (κ2) is 4.61. The van der Waals surface area contributed by atoms with E-state index in [1.54, 1.807) is 0 Å². The molecule has 5 heteroatoms. The van der Waals surface area contributed by atoms with Crippen molar-refractivity contribution in [2.45, 2.75) is 18.9 Å². The predicted octanol–water partition coefficient (Wildman–Crippen LogP) is -1.05. The van der Waals surface area contributed by atoms with Gasteiger partial charge in [0.05, 0.1) is 0 Å². The molecule has 1 atom stereocenters. The van der Waals surface area contributed by atoms with Crippen LogP contribution in [-0.2, 0) is 9.59 Å². The topological polar surface area (TPSA) is 52.7 Å². The molecule has 15 heavy (non-hydrogen) atoms. The van der Waals surface area contributed by atoms with Gasteiger partial charge in [0, 0.05) is 32.7 Å². The van der Waals surface area contributed by atoms with Crippen LogP contribution in [0.15, 0.2) is 0 Å².